The molecule has 0 N–H and O–H groups in total. The van der Waals surface area contributed by atoms with Crippen LogP contribution in [0, 0.1) is 5.92 Å². The predicted molar refractivity (Wildman–Crippen MR) is 74.6 cm³/mol. The molecule has 0 fully saturated rings. The highest BCUT2D eigenvalue weighted by molar-refractivity contribution is 6.12. The molecule has 3 rings (SSSR count). The highest BCUT2D eigenvalue weighted by Crippen LogP contribution is 2.26. The normalized spacial score (nSPS) is 24.7. The molecular weight excluding hydrogens is 254 g/mol. The van der Waals surface area contributed by atoms with Crippen molar-refractivity contribution in [3.8, 4) is 0 Å². The lowest BCUT2D eigenvalue weighted by molar-refractivity contribution is -0.120. The van der Waals surface area contributed by atoms with Crippen molar-refractivity contribution in [3.05, 3.63) is 47.5 Å². The maximum absolute atomic E-state index is 12.4. The molecular formula is C16H15NO3. The summed E-state index contributed by atoms with van der Waals surface area (Å²) in [6, 6.07) is 7.28. The van der Waals surface area contributed by atoms with E-state index in [4.69, 9.17) is 4.84 Å². The van der Waals surface area contributed by atoms with Crippen molar-refractivity contribution in [1.82, 2.24) is 0 Å². The second kappa shape index (κ2) is 5.41. The van der Waals surface area contributed by atoms with E-state index in [-0.39, 0.29) is 17.7 Å². The number of nitrogens with zero attached hydrogens (tertiary/aromatic N) is 1. The molecule has 1 aliphatic carbocycles. The SMILES string of the molecule is O=C1CCC=CC1C(=O)c1cccc(C2CC=NO2)c1. The van der Waals surface area contributed by atoms with E-state index in [2.05, 4.69) is 5.16 Å². The summed E-state index contributed by atoms with van der Waals surface area (Å²) in [5.74, 6) is -0.755. The Balaban J connectivity index is 1.84. The van der Waals surface area contributed by atoms with Crippen molar-refractivity contribution in [2.75, 3.05) is 0 Å². The second-order valence-electron chi connectivity index (χ2n) is 5.02. The first-order valence-corrected chi connectivity index (χ1v) is 6.77. The minimum Gasteiger partial charge on any atom is -0.388 e. The number of hydrogen-bond donors (Lipinski definition) is 0. The summed E-state index contributed by atoms with van der Waals surface area (Å²) in [5.41, 5.74) is 1.48. The van der Waals surface area contributed by atoms with Crippen LogP contribution in [0.15, 0.2) is 41.6 Å². The molecule has 0 aromatic heterocycles. The predicted octanol–water partition coefficient (Wildman–Crippen LogP) is 2.85. The van der Waals surface area contributed by atoms with Crippen molar-refractivity contribution in [2.45, 2.75) is 25.4 Å². The number of allylic oxidation sites excluding steroid dienone is 2. The van der Waals surface area contributed by atoms with Gasteiger partial charge in [0.15, 0.2) is 11.9 Å². The number of benzene rings is 1. The van der Waals surface area contributed by atoms with Gasteiger partial charge in [-0.15, -0.1) is 0 Å². The number of ketones is 2. The fourth-order valence-corrected chi connectivity index (χ4v) is 2.52. The number of oxime groups is 1. The Kier molecular flexibility index (Phi) is 3.46. The minimum absolute atomic E-state index is 0.00310. The second-order valence-corrected chi connectivity index (χ2v) is 5.02. The number of rotatable bonds is 3. The van der Waals surface area contributed by atoms with E-state index < -0.39 is 5.92 Å². The first-order valence-electron chi connectivity index (χ1n) is 6.77. The van der Waals surface area contributed by atoms with Crippen molar-refractivity contribution in [2.24, 2.45) is 11.1 Å². The highest BCUT2D eigenvalue weighted by atomic mass is 16.6. The molecule has 2 unspecified atom stereocenters. The van der Waals surface area contributed by atoms with Crippen molar-refractivity contribution < 1.29 is 14.4 Å². The van der Waals surface area contributed by atoms with Crippen LogP contribution in [-0.2, 0) is 9.63 Å². The summed E-state index contributed by atoms with van der Waals surface area (Å²) in [6.45, 7) is 0. The Labute approximate surface area is 117 Å². The summed E-state index contributed by atoms with van der Waals surface area (Å²) >= 11 is 0. The third-order valence-corrected chi connectivity index (χ3v) is 3.64. The quantitative estimate of drug-likeness (QED) is 0.481. The molecule has 2 aliphatic rings. The topological polar surface area (TPSA) is 55.7 Å². The molecule has 0 saturated heterocycles. The summed E-state index contributed by atoms with van der Waals surface area (Å²) < 4.78 is 0. The third kappa shape index (κ3) is 2.41. The van der Waals surface area contributed by atoms with E-state index in [9.17, 15) is 9.59 Å². The molecule has 1 aliphatic heterocycles. The van der Waals surface area contributed by atoms with Crippen LogP contribution in [0.2, 0.25) is 0 Å². The maximum atomic E-state index is 12.4. The van der Waals surface area contributed by atoms with Crippen LogP contribution < -0.4 is 0 Å². The zero-order valence-electron chi connectivity index (χ0n) is 11.0. The van der Waals surface area contributed by atoms with Crippen molar-refractivity contribution in [1.29, 1.82) is 0 Å². The molecule has 0 bridgehead atoms. The Morgan fingerprint density at radius 2 is 2.25 bits per heavy atom. The Morgan fingerprint density at radius 3 is 3.00 bits per heavy atom. The van der Waals surface area contributed by atoms with Crippen molar-refractivity contribution >= 4 is 17.8 Å². The van der Waals surface area contributed by atoms with E-state index in [0.717, 1.165) is 12.0 Å². The summed E-state index contributed by atoms with van der Waals surface area (Å²) in [7, 11) is 0. The summed E-state index contributed by atoms with van der Waals surface area (Å²) in [4.78, 5) is 29.5. The van der Waals surface area contributed by atoms with Gasteiger partial charge in [0.1, 0.15) is 5.78 Å². The van der Waals surface area contributed by atoms with Crippen LogP contribution in [-0.4, -0.2) is 17.8 Å². The van der Waals surface area contributed by atoms with Gasteiger partial charge in [-0.1, -0.05) is 35.5 Å². The number of Topliss-reactive ketones (excluding diaryl/α,β-unsaturated/α-hetero) is 2. The Hall–Kier alpha value is -2.23. The third-order valence-electron chi connectivity index (χ3n) is 3.64. The average Bonchev–Trinajstić information content (AvgIpc) is 3.01. The van der Waals surface area contributed by atoms with Gasteiger partial charge in [-0.2, -0.15) is 0 Å². The first kappa shape index (κ1) is 12.8. The zero-order valence-corrected chi connectivity index (χ0v) is 11.0. The lowest BCUT2D eigenvalue weighted by Gasteiger charge is -2.15. The van der Waals surface area contributed by atoms with Crippen LogP contribution in [0.4, 0.5) is 0 Å². The van der Waals surface area contributed by atoms with Gasteiger partial charge < -0.3 is 4.84 Å². The van der Waals surface area contributed by atoms with Gasteiger partial charge in [0.25, 0.3) is 0 Å². The lowest BCUT2D eigenvalue weighted by Crippen LogP contribution is -2.24. The van der Waals surface area contributed by atoms with Crippen LogP contribution in [0.3, 0.4) is 0 Å². The molecule has 4 heteroatoms. The molecule has 1 heterocycles. The van der Waals surface area contributed by atoms with E-state index in [1.54, 1.807) is 24.4 Å². The minimum atomic E-state index is -0.625. The fourth-order valence-electron chi connectivity index (χ4n) is 2.52. The summed E-state index contributed by atoms with van der Waals surface area (Å²) in [5, 5.41) is 3.74. The molecule has 4 nitrogen and oxygen atoms in total. The zero-order chi connectivity index (χ0) is 13.9. The number of carbonyl (C=O) groups excluding carboxylic acids is 2. The van der Waals surface area contributed by atoms with Gasteiger partial charge in [0.2, 0.25) is 0 Å². The van der Waals surface area contributed by atoms with Gasteiger partial charge in [0.05, 0.1) is 5.92 Å². The monoisotopic (exact) mass is 269 g/mol. The standard InChI is InChI=1S/C16H15NO3/c18-14-7-2-1-6-13(14)16(19)12-5-3-4-11(10-12)15-8-9-17-20-15/h1,3-6,9-10,13,15H,2,7-8H2. The molecule has 2 atom stereocenters. The smallest absolute Gasteiger partial charge is 0.177 e. The van der Waals surface area contributed by atoms with Gasteiger partial charge in [-0.3, -0.25) is 9.59 Å². The van der Waals surface area contributed by atoms with Crippen LogP contribution in [0.1, 0.15) is 41.3 Å². The van der Waals surface area contributed by atoms with Crippen molar-refractivity contribution in [3.63, 3.8) is 0 Å². The van der Waals surface area contributed by atoms with E-state index in [0.29, 0.717) is 18.4 Å². The highest BCUT2D eigenvalue weighted by Gasteiger charge is 2.27. The Bertz CT molecular complexity index is 595. The van der Waals surface area contributed by atoms with Crippen LogP contribution >= 0.6 is 0 Å². The molecule has 0 spiro atoms. The van der Waals surface area contributed by atoms with Gasteiger partial charge in [-0.25, -0.2) is 0 Å². The van der Waals surface area contributed by atoms with Gasteiger partial charge in [-0.05, 0) is 18.1 Å². The van der Waals surface area contributed by atoms with E-state index in [1.807, 2.05) is 18.2 Å². The van der Waals surface area contributed by atoms with E-state index in [1.165, 1.54) is 0 Å². The summed E-state index contributed by atoms with van der Waals surface area (Å²) in [6.07, 6.45) is 7.10. The largest absolute Gasteiger partial charge is 0.388 e. The maximum Gasteiger partial charge on any atom is 0.177 e. The fraction of sp³-hybridized carbons (Fsp3) is 0.312. The Morgan fingerprint density at radius 1 is 1.35 bits per heavy atom. The molecule has 0 saturated carbocycles. The van der Waals surface area contributed by atoms with Gasteiger partial charge in [0, 0.05) is 24.6 Å². The first-order chi connectivity index (χ1) is 9.75. The van der Waals surface area contributed by atoms with Crippen LogP contribution in [0.25, 0.3) is 0 Å². The molecule has 0 radical (unpaired) electrons. The molecule has 20 heavy (non-hydrogen) atoms. The van der Waals surface area contributed by atoms with E-state index >= 15 is 0 Å². The molecule has 0 amide bonds. The molecule has 102 valence electrons. The number of carbonyl (C=O) groups is 2. The molecule has 1 aromatic carbocycles. The average molecular weight is 269 g/mol. The number of hydrogen-bond acceptors (Lipinski definition) is 4. The lowest BCUT2D eigenvalue weighted by atomic mass is 9.87. The van der Waals surface area contributed by atoms with Gasteiger partial charge >= 0.3 is 0 Å². The molecule has 1 aromatic rings. The van der Waals surface area contributed by atoms with Crippen LogP contribution in [0.5, 0.6) is 0 Å².